The molecule has 0 bridgehead atoms. The number of amides is 1. The van der Waals surface area contributed by atoms with Gasteiger partial charge in [0.1, 0.15) is 0 Å². The lowest BCUT2D eigenvalue weighted by Gasteiger charge is -2.37. The minimum atomic E-state index is 0.169. The Morgan fingerprint density at radius 2 is 2.00 bits per heavy atom. The van der Waals surface area contributed by atoms with Crippen molar-refractivity contribution in [3.8, 4) is 11.4 Å². The number of rotatable bonds is 6. The van der Waals surface area contributed by atoms with Crippen LogP contribution in [-0.2, 0) is 17.8 Å². The average Bonchev–Trinajstić information content (AvgIpc) is 3.35. The summed E-state index contributed by atoms with van der Waals surface area (Å²) in [7, 11) is 0. The van der Waals surface area contributed by atoms with Gasteiger partial charge in [-0.15, -0.1) is 0 Å². The lowest BCUT2D eigenvalue weighted by atomic mass is 10.1. The monoisotopic (exact) mass is 378 g/mol. The van der Waals surface area contributed by atoms with E-state index < -0.39 is 0 Å². The van der Waals surface area contributed by atoms with Crippen LogP contribution in [0.15, 0.2) is 47.0 Å². The SMILES string of the molecule is CCC1c2ccc(C)n2CCN1C(=O)CCCc1nc(-c2ccccc2)no1. The van der Waals surface area contributed by atoms with Crippen LogP contribution in [0.5, 0.6) is 0 Å². The molecule has 6 nitrogen and oxygen atoms in total. The Kier molecular flexibility index (Phi) is 5.28. The van der Waals surface area contributed by atoms with Gasteiger partial charge in [-0.3, -0.25) is 4.79 Å². The van der Waals surface area contributed by atoms with E-state index in [2.05, 4.69) is 40.7 Å². The number of hydrogen-bond donors (Lipinski definition) is 0. The van der Waals surface area contributed by atoms with Crippen molar-refractivity contribution in [1.82, 2.24) is 19.6 Å². The molecule has 0 fully saturated rings. The molecule has 146 valence electrons. The van der Waals surface area contributed by atoms with Crippen molar-refractivity contribution in [2.45, 2.75) is 52.1 Å². The summed E-state index contributed by atoms with van der Waals surface area (Å²) in [6.07, 6.45) is 2.76. The summed E-state index contributed by atoms with van der Waals surface area (Å²) < 4.78 is 7.68. The first kappa shape index (κ1) is 18.5. The molecular formula is C22H26N4O2. The van der Waals surface area contributed by atoms with E-state index in [-0.39, 0.29) is 11.9 Å². The van der Waals surface area contributed by atoms with Gasteiger partial charge in [-0.1, -0.05) is 42.4 Å². The van der Waals surface area contributed by atoms with Crippen LogP contribution in [0, 0.1) is 6.92 Å². The van der Waals surface area contributed by atoms with Crippen LogP contribution < -0.4 is 0 Å². The zero-order valence-electron chi connectivity index (χ0n) is 16.5. The van der Waals surface area contributed by atoms with Gasteiger partial charge >= 0.3 is 0 Å². The largest absolute Gasteiger partial charge is 0.345 e. The fraction of sp³-hybridized carbons (Fsp3) is 0.409. The molecule has 1 aliphatic heterocycles. The lowest BCUT2D eigenvalue weighted by molar-refractivity contribution is -0.135. The van der Waals surface area contributed by atoms with Gasteiger partial charge in [-0.25, -0.2) is 0 Å². The highest BCUT2D eigenvalue weighted by Crippen LogP contribution is 2.30. The van der Waals surface area contributed by atoms with Crippen LogP contribution >= 0.6 is 0 Å². The summed E-state index contributed by atoms with van der Waals surface area (Å²) in [6.45, 7) is 5.92. The third-order valence-electron chi connectivity index (χ3n) is 5.50. The van der Waals surface area contributed by atoms with Gasteiger partial charge in [0.05, 0.1) is 6.04 Å². The maximum absolute atomic E-state index is 12.9. The van der Waals surface area contributed by atoms with E-state index in [0.717, 1.165) is 25.1 Å². The molecule has 1 atom stereocenters. The quantitative estimate of drug-likeness (QED) is 0.646. The molecule has 1 aliphatic rings. The number of aryl methyl sites for hydroxylation is 2. The molecule has 6 heteroatoms. The van der Waals surface area contributed by atoms with Crippen LogP contribution in [0.1, 0.15) is 49.5 Å². The van der Waals surface area contributed by atoms with Gasteiger partial charge in [0, 0.05) is 42.9 Å². The first-order valence-corrected chi connectivity index (χ1v) is 10.0. The number of aromatic nitrogens is 3. The number of carbonyl (C=O) groups excluding carboxylic acids is 1. The summed E-state index contributed by atoms with van der Waals surface area (Å²) in [5, 5.41) is 4.04. The molecule has 0 N–H and O–H groups in total. The first-order chi connectivity index (χ1) is 13.7. The highest BCUT2D eigenvalue weighted by molar-refractivity contribution is 5.76. The highest BCUT2D eigenvalue weighted by Gasteiger charge is 2.29. The Morgan fingerprint density at radius 3 is 2.79 bits per heavy atom. The molecule has 0 saturated heterocycles. The molecule has 3 aromatic rings. The predicted molar refractivity (Wildman–Crippen MR) is 107 cm³/mol. The fourth-order valence-corrected chi connectivity index (χ4v) is 4.03. The Labute approximate surface area is 165 Å². The molecule has 1 unspecified atom stereocenters. The minimum Gasteiger partial charge on any atom is -0.345 e. The number of nitrogens with zero attached hydrogens (tertiary/aromatic N) is 4. The van der Waals surface area contributed by atoms with Gasteiger partial charge in [0.15, 0.2) is 0 Å². The lowest BCUT2D eigenvalue weighted by Crippen LogP contribution is -2.42. The molecule has 1 aromatic carbocycles. The Balaban J connectivity index is 1.34. The van der Waals surface area contributed by atoms with Crippen LogP contribution in [-0.4, -0.2) is 32.1 Å². The highest BCUT2D eigenvalue weighted by atomic mass is 16.5. The van der Waals surface area contributed by atoms with E-state index in [0.29, 0.717) is 31.0 Å². The van der Waals surface area contributed by atoms with Crippen molar-refractivity contribution < 1.29 is 9.32 Å². The topological polar surface area (TPSA) is 64.2 Å². The molecular weight excluding hydrogens is 352 g/mol. The van der Waals surface area contributed by atoms with Crippen LogP contribution in [0.25, 0.3) is 11.4 Å². The van der Waals surface area contributed by atoms with Crippen LogP contribution in [0.3, 0.4) is 0 Å². The average molecular weight is 378 g/mol. The number of fused-ring (bicyclic) bond motifs is 1. The summed E-state index contributed by atoms with van der Waals surface area (Å²) in [4.78, 5) is 19.3. The van der Waals surface area contributed by atoms with E-state index in [9.17, 15) is 4.79 Å². The van der Waals surface area contributed by atoms with Crippen molar-refractivity contribution >= 4 is 5.91 Å². The van der Waals surface area contributed by atoms with Gasteiger partial charge in [0.25, 0.3) is 0 Å². The maximum atomic E-state index is 12.9. The second-order valence-electron chi connectivity index (χ2n) is 7.29. The summed E-state index contributed by atoms with van der Waals surface area (Å²) in [5.74, 6) is 1.39. The molecule has 0 aliphatic carbocycles. The standard InChI is InChI=1S/C22H26N4O2/c1-3-18-19-13-12-16(2)25(19)14-15-26(18)21(27)11-7-10-20-23-22(24-28-20)17-8-5-4-6-9-17/h4-6,8-9,12-13,18H,3,7,10-11,14-15H2,1-2H3. The van der Waals surface area contributed by atoms with Gasteiger partial charge in [-0.05, 0) is 31.9 Å². The third-order valence-corrected chi connectivity index (χ3v) is 5.50. The molecule has 1 amide bonds. The predicted octanol–water partition coefficient (Wildman–Crippen LogP) is 4.16. The van der Waals surface area contributed by atoms with Crippen molar-refractivity contribution in [1.29, 1.82) is 0 Å². The Bertz CT molecular complexity index is 945. The molecule has 2 aromatic heterocycles. The molecule has 4 rings (SSSR count). The molecule has 3 heterocycles. The van der Waals surface area contributed by atoms with Crippen molar-refractivity contribution in [2.75, 3.05) is 6.54 Å². The molecule has 0 saturated carbocycles. The van der Waals surface area contributed by atoms with Crippen LogP contribution in [0.2, 0.25) is 0 Å². The number of benzene rings is 1. The van der Waals surface area contributed by atoms with Gasteiger partial charge in [-0.2, -0.15) is 4.98 Å². The number of carbonyl (C=O) groups is 1. The van der Waals surface area contributed by atoms with Crippen LogP contribution in [0.4, 0.5) is 0 Å². The summed E-state index contributed by atoms with van der Waals surface area (Å²) >= 11 is 0. The summed E-state index contributed by atoms with van der Waals surface area (Å²) in [6, 6.07) is 14.2. The van der Waals surface area contributed by atoms with Gasteiger partial charge < -0.3 is 14.0 Å². The van der Waals surface area contributed by atoms with Crippen molar-refractivity contribution in [3.05, 3.63) is 59.7 Å². The van der Waals surface area contributed by atoms with Crippen molar-refractivity contribution in [3.63, 3.8) is 0 Å². The zero-order chi connectivity index (χ0) is 19.5. The first-order valence-electron chi connectivity index (χ1n) is 10.0. The van der Waals surface area contributed by atoms with E-state index in [4.69, 9.17) is 4.52 Å². The number of hydrogen-bond acceptors (Lipinski definition) is 4. The summed E-state index contributed by atoms with van der Waals surface area (Å²) in [5.41, 5.74) is 3.46. The molecule has 0 radical (unpaired) electrons. The smallest absolute Gasteiger partial charge is 0.226 e. The van der Waals surface area contributed by atoms with E-state index in [1.165, 1.54) is 11.4 Å². The molecule has 0 spiro atoms. The normalized spacial score (nSPS) is 16.2. The second kappa shape index (κ2) is 8.00. The minimum absolute atomic E-state index is 0.169. The Hall–Kier alpha value is -2.89. The second-order valence-corrected chi connectivity index (χ2v) is 7.29. The Morgan fingerprint density at radius 1 is 1.18 bits per heavy atom. The van der Waals surface area contributed by atoms with E-state index in [1.807, 2.05) is 35.2 Å². The zero-order valence-corrected chi connectivity index (χ0v) is 16.5. The van der Waals surface area contributed by atoms with E-state index >= 15 is 0 Å². The van der Waals surface area contributed by atoms with Crippen molar-refractivity contribution in [2.24, 2.45) is 0 Å². The molecule has 28 heavy (non-hydrogen) atoms. The van der Waals surface area contributed by atoms with E-state index in [1.54, 1.807) is 0 Å². The third kappa shape index (κ3) is 3.59. The fourth-order valence-electron chi connectivity index (χ4n) is 4.03. The maximum Gasteiger partial charge on any atom is 0.226 e. The van der Waals surface area contributed by atoms with Gasteiger partial charge in [0.2, 0.25) is 17.6 Å².